The van der Waals surface area contributed by atoms with Crippen molar-refractivity contribution in [3.05, 3.63) is 35.4 Å². The summed E-state index contributed by atoms with van der Waals surface area (Å²) in [6.07, 6.45) is 7.59. The van der Waals surface area contributed by atoms with Crippen LogP contribution in [0.25, 0.3) is 10.2 Å². The Kier molecular flexibility index (Phi) is 2.84. The van der Waals surface area contributed by atoms with Crippen molar-refractivity contribution in [3.8, 4) is 0 Å². The third kappa shape index (κ3) is 2.05. The van der Waals surface area contributed by atoms with Crippen LogP contribution in [0, 0.1) is 24.7 Å². The van der Waals surface area contributed by atoms with Crippen molar-refractivity contribution in [1.82, 2.24) is 4.98 Å². The summed E-state index contributed by atoms with van der Waals surface area (Å²) in [5.41, 5.74) is 2.36. The molecular weight excluding hydrogens is 264 g/mol. The van der Waals surface area contributed by atoms with Gasteiger partial charge in [-0.3, -0.25) is 0 Å². The van der Waals surface area contributed by atoms with E-state index in [1.54, 1.807) is 11.3 Å². The molecule has 1 saturated carbocycles. The second-order valence-electron chi connectivity index (χ2n) is 6.29. The average molecular weight is 284 g/mol. The zero-order valence-corrected chi connectivity index (χ0v) is 12.8. The molecule has 1 aromatic carbocycles. The molecule has 1 heterocycles. The second kappa shape index (κ2) is 4.59. The van der Waals surface area contributed by atoms with Gasteiger partial charge in [0.2, 0.25) is 0 Å². The Morgan fingerprint density at radius 2 is 2.20 bits per heavy atom. The molecule has 4 rings (SSSR count). The molecule has 4 atom stereocenters. The van der Waals surface area contributed by atoms with Crippen LogP contribution in [-0.2, 0) is 0 Å². The lowest BCUT2D eigenvalue weighted by atomic mass is 9.87. The van der Waals surface area contributed by atoms with Crippen molar-refractivity contribution in [2.24, 2.45) is 17.8 Å². The normalized spacial score (nSPS) is 29.2. The third-order valence-corrected chi connectivity index (χ3v) is 5.80. The minimum atomic E-state index is 0.543. The number of rotatable bonds is 3. The maximum absolute atomic E-state index is 4.52. The van der Waals surface area contributed by atoms with Crippen LogP contribution in [0.2, 0.25) is 0 Å². The summed E-state index contributed by atoms with van der Waals surface area (Å²) in [6, 6.07) is 7.09. The van der Waals surface area contributed by atoms with Crippen molar-refractivity contribution in [2.45, 2.75) is 32.7 Å². The molecule has 2 aromatic rings. The van der Waals surface area contributed by atoms with Gasteiger partial charge in [0, 0.05) is 11.7 Å². The van der Waals surface area contributed by atoms with Crippen LogP contribution in [0.15, 0.2) is 30.4 Å². The Bertz CT molecular complexity index is 673. The lowest BCUT2D eigenvalue weighted by molar-refractivity contribution is 0.400. The molecule has 3 heteroatoms. The van der Waals surface area contributed by atoms with Gasteiger partial charge in [0.1, 0.15) is 0 Å². The number of aromatic nitrogens is 1. The van der Waals surface area contributed by atoms with E-state index < -0.39 is 0 Å². The van der Waals surface area contributed by atoms with Gasteiger partial charge >= 0.3 is 0 Å². The van der Waals surface area contributed by atoms with Gasteiger partial charge in [-0.25, -0.2) is 4.98 Å². The monoisotopic (exact) mass is 284 g/mol. The summed E-state index contributed by atoms with van der Waals surface area (Å²) in [6.45, 7) is 4.41. The molecule has 4 unspecified atom stereocenters. The molecule has 0 spiro atoms. The van der Waals surface area contributed by atoms with E-state index in [0.717, 1.165) is 28.3 Å². The Balaban J connectivity index is 1.53. The highest BCUT2D eigenvalue weighted by molar-refractivity contribution is 7.18. The van der Waals surface area contributed by atoms with Crippen LogP contribution in [0.4, 0.5) is 5.69 Å². The third-order valence-electron chi connectivity index (χ3n) is 4.86. The number of benzene rings is 1. The topological polar surface area (TPSA) is 24.9 Å². The van der Waals surface area contributed by atoms with Crippen LogP contribution in [0.5, 0.6) is 0 Å². The average Bonchev–Trinajstić information content (AvgIpc) is 3.11. The highest BCUT2D eigenvalue weighted by atomic mass is 32.1. The quantitative estimate of drug-likeness (QED) is 0.832. The van der Waals surface area contributed by atoms with Crippen LogP contribution < -0.4 is 5.32 Å². The fraction of sp³-hybridized carbons (Fsp3) is 0.471. The van der Waals surface area contributed by atoms with E-state index >= 15 is 0 Å². The first-order chi connectivity index (χ1) is 9.69. The first kappa shape index (κ1) is 12.4. The minimum Gasteiger partial charge on any atom is -0.382 e. The maximum Gasteiger partial charge on any atom is 0.0907 e. The van der Waals surface area contributed by atoms with Gasteiger partial charge < -0.3 is 5.32 Å². The van der Waals surface area contributed by atoms with Gasteiger partial charge in [-0.1, -0.05) is 12.2 Å². The number of nitrogens with zero attached hydrogens (tertiary/aromatic N) is 1. The molecule has 2 bridgehead atoms. The number of nitrogens with one attached hydrogen (secondary N) is 1. The number of anilines is 1. The molecule has 2 nitrogen and oxygen atoms in total. The van der Waals surface area contributed by atoms with Crippen LogP contribution >= 0.6 is 11.3 Å². The smallest absolute Gasteiger partial charge is 0.0907 e. The number of hydrogen-bond acceptors (Lipinski definition) is 3. The molecule has 0 radical (unpaired) electrons. The molecule has 1 N–H and O–H groups in total. The molecule has 20 heavy (non-hydrogen) atoms. The maximum atomic E-state index is 4.52. The summed E-state index contributed by atoms with van der Waals surface area (Å²) < 4.78 is 1.28. The van der Waals surface area contributed by atoms with E-state index in [2.05, 4.69) is 54.5 Å². The number of fused-ring (bicyclic) bond motifs is 3. The van der Waals surface area contributed by atoms with Crippen molar-refractivity contribution in [3.63, 3.8) is 0 Å². The highest BCUT2D eigenvalue weighted by Gasteiger charge is 2.38. The Morgan fingerprint density at radius 1 is 1.30 bits per heavy atom. The fourth-order valence-electron chi connectivity index (χ4n) is 3.90. The lowest BCUT2D eigenvalue weighted by Gasteiger charge is -2.27. The summed E-state index contributed by atoms with van der Waals surface area (Å²) in [5, 5.41) is 4.86. The molecule has 0 aliphatic heterocycles. The zero-order valence-electron chi connectivity index (χ0n) is 12.0. The first-order valence-corrected chi connectivity index (χ1v) is 8.33. The Labute approximate surface area is 123 Å². The first-order valence-electron chi connectivity index (χ1n) is 7.51. The molecule has 1 fully saturated rings. The van der Waals surface area contributed by atoms with Gasteiger partial charge in [-0.15, -0.1) is 11.3 Å². The number of aryl methyl sites for hydroxylation is 1. The Hall–Kier alpha value is -1.35. The molecule has 0 amide bonds. The van der Waals surface area contributed by atoms with E-state index in [1.807, 2.05) is 0 Å². The molecular formula is C17H20N2S. The summed E-state index contributed by atoms with van der Waals surface area (Å²) in [7, 11) is 0. The lowest BCUT2D eigenvalue weighted by Crippen LogP contribution is -2.28. The summed E-state index contributed by atoms with van der Waals surface area (Å²) in [4.78, 5) is 4.52. The largest absolute Gasteiger partial charge is 0.382 e. The van der Waals surface area contributed by atoms with Crippen molar-refractivity contribution in [1.29, 1.82) is 0 Å². The standard InChI is InChI=1S/C17H20N2S/c1-10(15-8-12-3-4-13(15)7-12)18-14-5-6-16-17(9-14)20-11(2)19-16/h3-6,9-10,12-13,15,18H,7-8H2,1-2H3. The molecule has 2 aliphatic carbocycles. The summed E-state index contributed by atoms with van der Waals surface area (Å²) in [5.74, 6) is 2.45. The molecule has 1 aromatic heterocycles. The SMILES string of the molecule is Cc1nc2ccc(NC(C)C3CC4C=CC3C4)cc2s1. The van der Waals surface area contributed by atoms with Gasteiger partial charge in [-0.05, 0) is 62.6 Å². The van der Waals surface area contributed by atoms with Crippen molar-refractivity contribution in [2.75, 3.05) is 5.32 Å². The van der Waals surface area contributed by atoms with Crippen molar-refractivity contribution < 1.29 is 0 Å². The highest BCUT2D eigenvalue weighted by Crippen LogP contribution is 2.45. The van der Waals surface area contributed by atoms with E-state index in [1.165, 1.54) is 23.2 Å². The predicted molar refractivity (Wildman–Crippen MR) is 86.3 cm³/mol. The van der Waals surface area contributed by atoms with Crippen LogP contribution in [-0.4, -0.2) is 11.0 Å². The minimum absolute atomic E-state index is 0.543. The van der Waals surface area contributed by atoms with Gasteiger partial charge in [-0.2, -0.15) is 0 Å². The molecule has 0 saturated heterocycles. The van der Waals surface area contributed by atoms with Crippen LogP contribution in [0.1, 0.15) is 24.8 Å². The number of hydrogen-bond donors (Lipinski definition) is 1. The predicted octanol–water partition coefficient (Wildman–Crippen LogP) is 4.62. The van der Waals surface area contributed by atoms with Gasteiger partial charge in [0.15, 0.2) is 0 Å². The van der Waals surface area contributed by atoms with Gasteiger partial charge in [0.05, 0.1) is 15.2 Å². The van der Waals surface area contributed by atoms with Gasteiger partial charge in [0.25, 0.3) is 0 Å². The van der Waals surface area contributed by atoms with E-state index in [0.29, 0.717) is 6.04 Å². The van der Waals surface area contributed by atoms with E-state index in [-0.39, 0.29) is 0 Å². The molecule has 104 valence electrons. The Morgan fingerprint density at radius 3 is 2.95 bits per heavy atom. The summed E-state index contributed by atoms with van der Waals surface area (Å²) >= 11 is 1.78. The number of allylic oxidation sites excluding steroid dienone is 2. The second-order valence-corrected chi connectivity index (χ2v) is 7.53. The molecule has 2 aliphatic rings. The fourth-order valence-corrected chi connectivity index (χ4v) is 4.76. The number of thiazole rings is 1. The van der Waals surface area contributed by atoms with E-state index in [9.17, 15) is 0 Å². The van der Waals surface area contributed by atoms with E-state index in [4.69, 9.17) is 0 Å². The van der Waals surface area contributed by atoms with Crippen molar-refractivity contribution >= 4 is 27.2 Å². The zero-order chi connectivity index (χ0) is 13.7. The van der Waals surface area contributed by atoms with Crippen LogP contribution in [0.3, 0.4) is 0 Å².